The molecule has 0 spiro atoms. The van der Waals surface area contributed by atoms with Gasteiger partial charge in [-0.1, -0.05) is 0 Å². The SMILES string of the molecule is c1nscc1OC1CCC1. The highest BCUT2D eigenvalue weighted by atomic mass is 32.1. The molecule has 0 N–H and O–H groups in total. The van der Waals surface area contributed by atoms with Gasteiger partial charge in [-0.2, -0.15) is 4.37 Å². The van der Waals surface area contributed by atoms with Crippen LogP contribution in [-0.2, 0) is 0 Å². The molecule has 1 saturated carbocycles. The van der Waals surface area contributed by atoms with E-state index < -0.39 is 0 Å². The van der Waals surface area contributed by atoms with Crippen LogP contribution >= 0.6 is 11.5 Å². The van der Waals surface area contributed by atoms with E-state index in [2.05, 4.69) is 4.37 Å². The maximum atomic E-state index is 5.54. The van der Waals surface area contributed by atoms with E-state index in [9.17, 15) is 0 Å². The second kappa shape index (κ2) is 2.58. The molecular formula is C7H9NOS. The van der Waals surface area contributed by atoms with Crippen molar-refractivity contribution in [1.82, 2.24) is 4.37 Å². The van der Waals surface area contributed by atoms with Crippen LogP contribution in [0.4, 0.5) is 0 Å². The monoisotopic (exact) mass is 155 g/mol. The summed E-state index contributed by atoms with van der Waals surface area (Å²) in [6, 6.07) is 0. The van der Waals surface area contributed by atoms with Crippen LogP contribution in [0.1, 0.15) is 19.3 Å². The number of rotatable bonds is 2. The molecular weight excluding hydrogens is 146 g/mol. The summed E-state index contributed by atoms with van der Waals surface area (Å²) < 4.78 is 9.49. The lowest BCUT2D eigenvalue weighted by atomic mass is 9.96. The van der Waals surface area contributed by atoms with Gasteiger partial charge in [0.05, 0.1) is 17.7 Å². The average Bonchev–Trinajstić information content (AvgIpc) is 2.29. The molecule has 1 aromatic rings. The minimum atomic E-state index is 0.483. The van der Waals surface area contributed by atoms with Crippen LogP contribution in [0.15, 0.2) is 11.6 Å². The zero-order valence-corrected chi connectivity index (χ0v) is 6.43. The molecule has 1 aliphatic rings. The van der Waals surface area contributed by atoms with Gasteiger partial charge in [-0.25, -0.2) is 0 Å². The van der Waals surface area contributed by atoms with E-state index in [4.69, 9.17) is 4.74 Å². The van der Waals surface area contributed by atoms with E-state index in [0.29, 0.717) is 6.10 Å². The van der Waals surface area contributed by atoms with Crippen molar-refractivity contribution < 1.29 is 4.74 Å². The lowest BCUT2D eigenvalue weighted by Gasteiger charge is -2.25. The fourth-order valence-electron chi connectivity index (χ4n) is 0.934. The predicted molar refractivity (Wildman–Crippen MR) is 40.4 cm³/mol. The van der Waals surface area contributed by atoms with Gasteiger partial charge in [-0.05, 0) is 30.8 Å². The summed E-state index contributed by atoms with van der Waals surface area (Å²) in [6.45, 7) is 0. The molecule has 0 atom stereocenters. The highest BCUT2D eigenvalue weighted by molar-refractivity contribution is 7.03. The molecule has 1 heterocycles. The van der Waals surface area contributed by atoms with Crippen LogP contribution in [-0.4, -0.2) is 10.5 Å². The number of hydrogen-bond donors (Lipinski definition) is 0. The molecule has 0 radical (unpaired) electrons. The average molecular weight is 155 g/mol. The fraction of sp³-hybridized carbons (Fsp3) is 0.571. The molecule has 54 valence electrons. The van der Waals surface area contributed by atoms with E-state index in [-0.39, 0.29) is 0 Å². The number of hydrogen-bond acceptors (Lipinski definition) is 3. The summed E-state index contributed by atoms with van der Waals surface area (Å²) in [5.74, 6) is 0.940. The summed E-state index contributed by atoms with van der Waals surface area (Å²) in [6.07, 6.45) is 6.02. The van der Waals surface area contributed by atoms with Crippen molar-refractivity contribution in [1.29, 1.82) is 0 Å². The Hall–Kier alpha value is -0.570. The van der Waals surface area contributed by atoms with Gasteiger partial charge in [0.1, 0.15) is 5.75 Å². The number of nitrogens with zero attached hydrogens (tertiary/aromatic N) is 1. The smallest absolute Gasteiger partial charge is 0.150 e. The van der Waals surface area contributed by atoms with E-state index in [1.807, 2.05) is 5.38 Å². The molecule has 0 bridgehead atoms. The second-order valence-electron chi connectivity index (χ2n) is 2.53. The Kier molecular flexibility index (Phi) is 1.59. The Bertz CT molecular complexity index is 193. The van der Waals surface area contributed by atoms with Crippen molar-refractivity contribution in [3.63, 3.8) is 0 Å². The summed E-state index contributed by atoms with van der Waals surface area (Å²) in [4.78, 5) is 0. The van der Waals surface area contributed by atoms with Gasteiger partial charge in [-0.15, -0.1) is 0 Å². The largest absolute Gasteiger partial charge is 0.488 e. The van der Waals surface area contributed by atoms with Crippen LogP contribution in [0.3, 0.4) is 0 Å². The fourth-order valence-corrected chi connectivity index (χ4v) is 1.38. The number of aromatic nitrogens is 1. The molecule has 10 heavy (non-hydrogen) atoms. The number of ether oxygens (including phenoxy) is 1. The zero-order chi connectivity index (χ0) is 6.81. The molecule has 3 heteroatoms. The van der Waals surface area contributed by atoms with E-state index >= 15 is 0 Å². The first-order chi connectivity index (χ1) is 4.95. The van der Waals surface area contributed by atoms with Crippen molar-refractivity contribution in [3.8, 4) is 5.75 Å². The zero-order valence-electron chi connectivity index (χ0n) is 5.62. The molecule has 0 saturated heterocycles. The van der Waals surface area contributed by atoms with Gasteiger partial charge in [0.25, 0.3) is 0 Å². The second-order valence-corrected chi connectivity index (χ2v) is 3.19. The quantitative estimate of drug-likeness (QED) is 0.652. The van der Waals surface area contributed by atoms with Crippen LogP contribution < -0.4 is 4.74 Å². The first-order valence-electron chi connectivity index (χ1n) is 3.51. The highest BCUT2D eigenvalue weighted by Gasteiger charge is 2.18. The molecule has 0 unspecified atom stereocenters. The molecule has 1 aliphatic carbocycles. The lowest BCUT2D eigenvalue weighted by Crippen LogP contribution is -2.24. The van der Waals surface area contributed by atoms with Gasteiger partial charge in [0.15, 0.2) is 0 Å². The van der Waals surface area contributed by atoms with Gasteiger partial charge in [-0.3, -0.25) is 0 Å². The minimum Gasteiger partial charge on any atom is -0.488 e. The van der Waals surface area contributed by atoms with Crippen LogP contribution in [0.5, 0.6) is 5.75 Å². The Balaban J connectivity index is 1.90. The third-order valence-corrected chi connectivity index (χ3v) is 2.33. The molecule has 0 amide bonds. The van der Waals surface area contributed by atoms with Gasteiger partial charge >= 0.3 is 0 Å². The third-order valence-electron chi connectivity index (χ3n) is 1.76. The third kappa shape index (κ3) is 1.14. The van der Waals surface area contributed by atoms with Crippen LogP contribution in [0.2, 0.25) is 0 Å². The van der Waals surface area contributed by atoms with E-state index in [0.717, 1.165) is 5.75 Å². The van der Waals surface area contributed by atoms with Crippen molar-refractivity contribution in [3.05, 3.63) is 11.6 Å². The summed E-state index contributed by atoms with van der Waals surface area (Å²) >= 11 is 1.44. The van der Waals surface area contributed by atoms with Crippen molar-refractivity contribution in [2.24, 2.45) is 0 Å². The summed E-state index contributed by atoms with van der Waals surface area (Å²) in [7, 11) is 0. The first-order valence-corrected chi connectivity index (χ1v) is 4.35. The van der Waals surface area contributed by atoms with E-state index in [1.54, 1.807) is 6.20 Å². The molecule has 0 aliphatic heterocycles. The normalized spacial score (nSPS) is 18.4. The molecule has 2 nitrogen and oxygen atoms in total. The molecule has 1 aromatic heterocycles. The molecule has 0 aromatic carbocycles. The predicted octanol–water partition coefficient (Wildman–Crippen LogP) is 2.07. The van der Waals surface area contributed by atoms with Crippen LogP contribution in [0.25, 0.3) is 0 Å². The summed E-state index contributed by atoms with van der Waals surface area (Å²) in [5.41, 5.74) is 0. The van der Waals surface area contributed by atoms with Crippen LogP contribution in [0, 0.1) is 0 Å². The molecule has 1 fully saturated rings. The van der Waals surface area contributed by atoms with Gasteiger partial charge in [0, 0.05) is 0 Å². The highest BCUT2D eigenvalue weighted by Crippen LogP contribution is 2.25. The Morgan fingerprint density at radius 3 is 3.00 bits per heavy atom. The first kappa shape index (κ1) is 6.16. The lowest BCUT2D eigenvalue weighted by molar-refractivity contribution is 0.120. The Labute approximate surface area is 64.0 Å². The van der Waals surface area contributed by atoms with E-state index in [1.165, 1.54) is 30.8 Å². The Morgan fingerprint density at radius 1 is 1.60 bits per heavy atom. The van der Waals surface area contributed by atoms with Crippen molar-refractivity contribution in [2.75, 3.05) is 0 Å². The van der Waals surface area contributed by atoms with Crippen molar-refractivity contribution in [2.45, 2.75) is 25.4 Å². The maximum Gasteiger partial charge on any atom is 0.150 e. The standard InChI is InChI=1S/C7H9NOS/c1-2-6(3-1)9-7-4-8-10-5-7/h4-6H,1-3H2. The van der Waals surface area contributed by atoms with Gasteiger partial charge < -0.3 is 4.74 Å². The van der Waals surface area contributed by atoms with Gasteiger partial charge in [0.2, 0.25) is 0 Å². The van der Waals surface area contributed by atoms with Crippen molar-refractivity contribution >= 4 is 11.5 Å². The maximum absolute atomic E-state index is 5.54. The topological polar surface area (TPSA) is 22.1 Å². The summed E-state index contributed by atoms with van der Waals surface area (Å²) in [5, 5.41) is 1.94. The Morgan fingerprint density at radius 2 is 2.50 bits per heavy atom. The molecule has 2 rings (SSSR count). The minimum absolute atomic E-state index is 0.483.